The highest BCUT2D eigenvalue weighted by atomic mass is 31.3. The Kier molecular flexibility index (Phi) is 7.76. The average Bonchev–Trinajstić information content (AvgIpc) is 2.85. The Labute approximate surface area is 165 Å². The fraction of sp³-hybridized carbons (Fsp3) is 0.600. The number of aliphatic hydroxyl groups is 2. The minimum Gasteiger partial charge on any atom is -0.396 e. The van der Waals surface area contributed by atoms with Crippen LogP contribution in [0.4, 0.5) is 0 Å². The van der Waals surface area contributed by atoms with Gasteiger partial charge in [0.15, 0.2) is 0 Å². The van der Waals surface area contributed by atoms with E-state index in [-0.39, 0.29) is 0 Å². The number of phosphoric ester groups is 1. The van der Waals surface area contributed by atoms with Crippen LogP contribution in [0.2, 0.25) is 0 Å². The van der Waals surface area contributed by atoms with E-state index in [2.05, 4.69) is 13.1 Å². The topological polar surface area (TPSA) is 264 Å². The average molecular weight is 498 g/mol. The molecule has 0 bridgehead atoms. The smallest absolute Gasteiger partial charge is 0.396 e. The number of hydrogen-bond acceptors (Lipinski definition) is 11. The lowest BCUT2D eigenvalue weighted by Crippen LogP contribution is -2.36. The van der Waals surface area contributed by atoms with E-state index >= 15 is 0 Å². The Balaban J connectivity index is 2.10. The first-order valence-electron chi connectivity index (χ1n) is 7.68. The third-order valence-corrected chi connectivity index (χ3v) is 7.46. The molecule has 1 aliphatic rings. The van der Waals surface area contributed by atoms with Crippen LogP contribution in [0, 0.1) is 5.92 Å². The van der Waals surface area contributed by atoms with Gasteiger partial charge in [-0.25, -0.2) is 18.5 Å². The molecular weight excluding hydrogens is 481 g/mol. The summed E-state index contributed by atoms with van der Waals surface area (Å²) in [5, 5.41) is 19.7. The Morgan fingerprint density at radius 3 is 2.27 bits per heavy atom. The fourth-order valence-corrected chi connectivity index (χ4v) is 5.54. The largest absolute Gasteiger partial charge is 0.490 e. The summed E-state index contributed by atoms with van der Waals surface area (Å²) in [5.74, 6) is -1.15. The Bertz CT molecular complexity index is 1010. The molecule has 0 aromatic carbocycles. The molecule has 2 rings (SSSR count). The van der Waals surface area contributed by atoms with Crippen LogP contribution in [-0.4, -0.2) is 64.8 Å². The predicted molar refractivity (Wildman–Crippen MR) is 91.6 cm³/mol. The summed E-state index contributed by atoms with van der Waals surface area (Å²) in [5.41, 5.74) is -1.66. The molecule has 30 heavy (non-hydrogen) atoms. The molecule has 1 aliphatic heterocycles. The van der Waals surface area contributed by atoms with Gasteiger partial charge in [0, 0.05) is 12.3 Å². The van der Waals surface area contributed by atoms with E-state index in [4.69, 9.17) is 19.4 Å². The van der Waals surface area contributed by atoms with Gasteiger partial charge in [0.2, 0.25) is 0 Å². The molecule has 6 atom stereocenters. The first kappa shape index (κ1) is 25.2. The number of phosphoric acid groups is 3. The van der Waals surface area contributed by atoms with Crippen molar-refractivity contribution in [3.8, 4) is 0 Å². The van der Waals surface area contributed by atoms with Crippen molar-refractivity contribution in [1.82, 2.24) is 9.55 Å². The van der Waals surface area contributed by atoms with Gasteiger partial charge >= 0.3 is 29.2 Å². The number of nitrogens with zero attached hydrogens (tertiary/aromatic N) is 1. The standard InChI is InChI=1S/C10H17N2O15P3/c13-3-5-8(15)6(25-9(5)12-2-1-7(14)11-10(12)16)4-24-29(20,21)27-30(22,23)26-28(17,18)19/h1-2,5-6,8-9,13,15H,3-4H2,(H,20,21)(H,22,23)(H,11,14,16)(H2,17,18,19)/t5-,6-,8+,9-/m1/s1. The molecule has 2 heterocycles. The highest BCUT2D eigenvalue weighted by Crippen LogP contribution is 2.66. The Hall–Kier alpha value is -1.03. The van der Waals surface area contributed by atoms with Gasteiger partial charge in [0.25, 0.3) is 5.56 Å². The quantitative estimate of drug-likeness (QED) is 0.177. The zero-order valence-corrected chi connectivity index (χ0v) is 17.2. The zero-order chi connectivity index (χ0) is 22.9. The van der Waals surface area contributed by atoms with Gasteiger partial charge in [-0.05, 0) is 0 Å². The summed E-state index contributed by atoms with van der Waals surface area (Å²) in [6.07, 6.45) is -3.36. The van der Waals surface area contributed by atoms with Crippen molar-refractivity contribution in [3.05, 3.63) is 33.1 Å². The molecule has 1 saturated heterocycles. The molecule has 1 fully saturated rings. The number of ether oxygens (including phenoxy) is 1. The maximum atomic E-state index is 11.9. The molecule has 0 spiro atoms. The van der Waals surface area contributed by atoms with Crippen LogP contribution in [0.1, 0.15) is 6.23 Å². The van der Waals surface area contributed by atoms with Gasteiger partial charge in [-0.3, -0.25) is 18.9 Å². The normalized spacial score (nSPS) is 28.7. The second-order valence-corrected chi connectivity index (χ2v) is 10.2. The third kappa shape index (κ3) is 6.73. The summed E-state index contributed by atoms with van der Waals surface area (Å²) in [6.45, 7) is -1.71. The minimum absolute atomic E-state index is 0.719. The maximum absolute atomic E-state index is 11.9. The van der Waals surface area contributed by atoms with E-state index in [9.17, 15) is 38.4 Å². The number of hydrogen-bond donors (Lipinski definition) is 7. The number of aromatic nitrogens is 2. The van der Waals surface area contributed by atoms with E-state index in [0.717, 1.165) is 16.8 Å². The van der Waals surface area contributed by atoms with Crippen molar-refractivity contribution < 1.29 is 61.4 Å². The Morgan fingerprint density at radius 2 is 1.73 bits per heavy atom. The first-order chi connectivity index (χ1) is 13.6. The fourth-order valence-electron chi connectivity index (χ4n) is 2.51. The van der Waals surface area contributed by atoms with E-state index < -0.39 is 72.3 Å². The van der Waals surface area contributed by atoms with Crippen LogP contribution in [0.5, 0.6) is 0 Å². The summed E-state index contributed by atoms with van der Waals surface area (Å²) in [6, 6.07) is 0.963. The highest BCUT2D eigenvalue weighted by molar-refractivity contribution is 7.66. The second-order valence-electron chi connectivity index (χ2n) is 5.81. The van der Waals surface area contributed by atoms with Crippen molar-refractivity contribution in [2.75, 3.05) is 13.2 Å². The second kappa shape index (κ2) is 9.22. The highest BCUT2D eigenvalue weighted by Gasteiger charge is 2.47. The van der Waals surface area contributed by atoms with Crippen molar-refractivity contribution in [2.45, 2.75) is 18.4 Å². The minimum atomic E-state index is -5.72. The van der Waals surface area contributed by atoms with Gasteiger partial charge in [0.1, 0.15) is 12.3 Å². The van der Waals surface area contributed by atoms with Crippen molar-refractivity contribution in [3.63, 3.8) is 0 Å². The number of nitrogens with one attached hydrogen (secondary N) is 1. The van der Waals surface area contributed by atoms with Gasteiger partial charge in [0.05, 0.1) is 25.2 Å². The number of aromatic amines is 1. The monoisotopic (exact) mass is 498 g/mol. The van der Waals surface area contributed by atoms with Crippen LogP contribution in [0.25, 0.3) is 0 Å². The van der Waals surface area contributed by atoms with E-state index in [1.165, 1.54) is 0 Å². The lowest BCUT2D eigenvalue weighted by atomic mass is 10.0. The van der Waals surface area contributed by atoms with Crippen molar-refractivity contribution in [1.29, 1.82) is 0 Å². The number of H-pyrrole nitrogens is 1. The Morgan fingerprint density at radius 1 is 1.10 bits per heavy atom. The molecule has 20 heteroatoms. The molecular formula is C10H17N2O15P3. The van der Waals surface area contributed by atoms with E-state index in [0.29, 0.717) is 0 Å². The van der Waals surface area contributed by atoms with Crippen LogP contribution < -0.4 is 11.2 Å². The van der Waals surface area contributed by atoms with Crippen LogP contribution in [-0.2, 0) is 31.6 Å². The maximum Gasteiger partial charge on any atom is 0.490 e. The molecule has 0 aliphatic carbocycles. The van der Waals surface area contributed by atoms with Gasteiger partial charge in [-0.15, -0.1) is 0 Å². The molecule has 0 saturated carbocycles. The third-order valence-electron chi connectivity index (χ3n) is 3.65. The lowest BCUT2D eigenvalue weighted by Gasteiger charge is -2.19. The molecule has 1 aromatic heterocycles. The van der Waals surface area contributed by atoms with Gasteiger partial charge < -0.3 is 34.5 Å². The molecule has 2 unspecified atom stereocenters. The van der Waals surface area contributed by atoms with Crippen molar-refractivity contribution >= 4 is 23.5 Å². The van der Waals surface area contributed by atoms with Gasteiger partial charge in [-0.2, -0.15) is 8.62 Å². The summed E-state index contributed by atoms with van der Waals surface area (Å²) < 4.78 is 51.2. The molecule has 1 aromatic rings. The number of rotatable bonds is 9. The predicted octanol–water partition coefficient (Wildman–Crippen LogP) is -2.25. The number of aliphatic hydroxyl groups excluding tert-OH is 2. The molecule has 17 nitrogen and oxygen atoms in total. The molecule has 0 amide bonds. The summed E-state index contributed by atoms with van der Waals surface area (Å²) in [4.78, 5) is 60.4. The molecule has 7 N–H and O–H groups in total. The SMILES string of the molecule is O=c1ccn([C@@H]2O[C@H](COP(=O)(O)OP(=O)(O)OP(=O)(O)O)[C@@H](O)[C@H]2CO)c(=O)[nH]1. The van der Waals surface area contributed by atoms with Crippen LogP contribution in [0.15, 0.2) is 21.9 Å². The van der Waals surface area contributed by atoms with E-state index in [1.807, 2.05) is 4.98 Å². The van der Waals surface area contributed by atoms with Crippen LogP contribution >= 0.6 is 23.5 Å². The molecule has 172 valence electrons. The summed E-state index contributed by atoms with van der Waals surface area (Å²) in [7, 11) is -16.8. The zero-order valence-electron chi connectivity index (χ0n) is 14.5. The van der Waals surface area contributed by atoms with Crippen LogP contribution in [0.3, 0.4) is 0 Å². The van der Waals surface area contributed by atoms with E-state index in [1.54, 1.807) is 0 Å². The van der Waals surface area contributed by atoms with Crippen molar-refractivity contribution in [2.24, 2.45) is 5.92 Å². The van der Waals surface area contributed by atoms with Gasteiger partial charge in [-0.1, -0.05) is 0 Å². The molecule has 0 radical (unpaired) electrons. The summed E-state index contributed by atoms with van der Waals surface area (Å²) >= 11 is 0. The first-order valence-corrected chi connectivity index (χ1v) is 12.2. The lowest BCUT2D eigenvalue weighted by molar-refractivity contribution is -0.0487.